The summed E-state index contributed by atoms with van der Waals surface area (Å²) in [5.41, 5.74) is 3.97. The van der Waals surface area contributed by atoms with Crippen molar-refractivity contribution < 1.29 is 14.6 Å². The van der Waals surface area contributed by atoms with E-state index in [1.807, 2.05) is 47.1 Å². The summed E-state index contributed by atoms with van der Waals surface area (Å²) >= 11 is 11.2. The summed E-state index contributed by atoms with van der Waals surface area (Å²) in [5, 5.41) is 15.2. The third-order valence-electron chi connectivity index (χ3n) is 6.06. The normalized spacial score (nSPS) is 18.6. The van der Waals surface area contributed by atoms with Crippen LogP contribution in [0.1, 0.15) is 25.7 Å². The molecule has 1 saturated carbocycles. The molecule has 0 unspecified atom stereocenters. The number of ether oxygens (including phenoxy) is 1. The van der Waals surface area contributed by atoms with Crippen LogP contribution in [0.5, 0.6) is 0 Å². The number of carbonyl (C=O) groups is 1. The Hall–Kier alpha value is -2.28. The van der Waals surface area contributed by atoms with Gasteiger partial charge in [0.2, 0.25) is 0 Å². The fourth-order valence-corrected chi connectivity index (χ4v) is 4.98. The van der Waals surface area contributed by atoms with Crippen LogP contribution in [0.4, 0.5) is 0 Å². The van der Waals surface area contributed by atoms with Crippen molar-refractivity contribution in [3.8, 4) is 22.4 Å². The number of benzene rings is 2. The molecule has 1 aliphatic rings. The van der Waals surface area contributed by atoms with Gasteiger partial charge in [-0.1, -0.05) is 54.1 Å². The Morgan fingerprint density at radius 1 is 1.06 bits per heavy atom. The van der Waals surface area contributed by atoms with Crippen molar-refractivity contribution >= 4 is 30.2 Å². The molecule has 1 N–H and O–H groups in total. The molecule has 1 aliphatic carbocycles. The molecule has 0 atom stereocenters. The first-order valence-electron chi connectivity index (χ1n) is 10.9. The Morgan fingerprint density at radius 3 is 2.44 bits per heavy atom. The van der Waals surface area contributed by atoms with Gasteiger partial charge in [0.1, 0.15) is 12.3 Å². The van der Waals surface area contributed by atoms with Crippen molar-refractivity contribution in [3.63, 3.8) is 0 Å². The minimum Gasteiger partial charge on any atom is -0.480 e. The van der Waals surface area contributed by atoms with Crippen LogP contribution in [0.2, 0.25) is 5.02 Å². The summed E-state index contributed by atoms with van der Waals surface area (Å²) in [6, 6.07) is 18.0. The van der Waals surface area contributed by atoms with Crippen LogP contribution in [-0.2, 0) is 16.1 Å². The SMILES string of the molecule is O=C(O)COC[C@H]1CC[C@@H](Cn2nc(-c3ccccc3)c(-c3cccc(Cl)c3)c2S)CC1. The molecule has 0 aliphatic heterocycles. The zero-order valence-corrected chi connectivity index (χ0v) is 19.4. The number of aromatic nitrogens is 2. The van der Waals surface area contributed by atoms with E-state index < -0.39 is 5.97 Å². The van der Waals surface area contributed by atoms with Gasteiger partial charge in [0, 0.05) is 22.7 Å². The molecule has 5 nitrogen and oxygen atoms in total. The number of rotatable bonds is 8. The second-order valence-electron chi connectivity index (χ2n) is 8.40. The minimum atomic E-state index is -0.914. The molecule has 0 saturated heterocycles. The smallest absolute Gasteiger partial charge is 0.329 e. The Bertz CT molecular complexity index is 1060. The van der Waals surface area contributed by atoms with E-state index in [4.69, 9.17) is 39.2 Å². The van der Waals surface area contributed by atoms with Crippen molar-refractivity contribution in [3.05, 3.63) is 59.6 Å². The van der Waals surface area contributed by atoms with Gasteiger partial charge in [0.25, 0.3) is 0 Å². The molecule has 0 bridgehead atoms. The van der Waals surface area contributed by atoms with E-state index in [1.165, 1.54) is 0 Å². The molecule has 1 fully saturated rings. The van der Waals surface area contributed by atoms with Crippen LogP contribution in [-0.4, -0.2) is 34.1 Å². The van der Waals surface area contributed by atoms with Crippen LogP contribution < -0.4 is 0 Å². The van der Waals surface area contributed by atoms with Gasteiger partial charge in [-0.05, 0) is 55.2 Å². The highest BCUT2D eigenvalue weighted by Crippen LogP contribution is 2.38. The first-order chi connectivity index (χ1) is 15.5. The summed E-state index contributed by atoms with van der Waals surface area (Å²) in [6.07, 6.45) is 4.23. The average Bonchev–Trinajstić information content (AvgIpc) is 3.11. The maximum Gasteiger partial charge on any atom is 0.329 e. The van der Waals surface area contributed by atoms with Gasteiger partial charge in [-0.25, -0.2) is 4.79 Å². The van der Waals surface area contributed by atoms with E-state index >= 15 is 0 Å². The molecule has 4 rings (SSSR count). The number of carboxylic acids is 1. The summed E-state index contributed by atoms with van der Waals surface area (Å²) in [5.74, 6) is 0.0244. The standard InChI is InChI=1S/C25H27ClN2O3S/c26-21-8-4-7-20(13-21)23-24(19-5-2-1-3-6-19)27-28(25(23)32)14-17-9-11-18(12-10-17)15-31-16-22(29)30/h1-8,13,17-18,32H,9-12,14-16H2,(H,29,30)/t17-,18+. The average molecular weight is 471 g/mol. The molecular weight excluding hydrogens is 444 g/mol. The Labute approximate surface area is 198 Å². The third kappa shape index (κ3) is 5.55. The highest BCUT2D eigenvalue weighted by molar-refractivity contribution is 7.80. The van der Waals surface area contributed by atoms with Crippen LogP contribution >= 0.6 is 24.2 Å². The molecule has 7 heteroatoms. The van der Waals surface area contributed by atoms with Crippen molar-refractivity contribution in [2.45, 2.75) is 37.3 Å². The Kier molecular flexibility index (Phi) is 7.55. The lowest BCUT2D eigenvalue weighted by molar-refractivity contribution is -0.142. The zero-order valence-electron chi connectivity index (χ0n) is 17.8. The number of thiol groups is 1. The number of nitrogens with zero attached hydrogens (tertiary/aromatic N) is 2. The molecule has 32 heavy (non-hydrogen) atoms. The van der Waals surface area contributed by atoms with Gasteiger partial charge in [-0.3, -0.25) is 4.68 Å². The van der Waals surface area contributed by atoms with E-state index in [1.54, 1.807) is 0 Å². The molecule has 168 valence electrons. The van der Waals surface area contributed by atoms with Crippen LogP contribution in [0, 0.1) is 11.8 Å². The van der Waals surface area contributed by atoms with E-state index in [9.17, 15) is 4.79 Å². The molecule has 3 aromatic rings. The van der Waals surface area contributed by atoms with E-state index in [2.05, 4.69) is 12.1 Å². The van der Waals surface area contributed by atoms with Crippen molar-refractivity contribution in [2.24, 2.45) is 11.8 Å². The largest absolute Gasteiger partial charge is 0.480 e. The third-order valence-corrected chi connectivity index (χ3v) is 6.75. The molecule has 0 radical (unpaired) electrons. The number of hydrogen-bond donors (Lipinski definition) is 2. The molecule has 1 heterocycles. The fraction of sp³-hybridized carbons (Fsp3) is 0.360. The van der Waals surface area contributed by atoms with Gasteiger partial charge in [-0.15, -0.1) is 12.6 Å². The van der Waals surface area contributed by atoms with E-state index in [0.29, 0.717) is 23.5 Å². The summed E-state index contributed by atoms with van der Waals surface area (Å²) in [4.78, 5) is 10.6. The predicted octanol–water partition coefficient (Wildman–Crippen LogP) is 6.07. The number of aliphatic carboxylic acids is 1. The lowest BCUT2D eigenvalue weighted by Crippen LogP contribution is -2.23. The predicted molar refractivity (Wildman–Crippen MR) is 129 cm³/mol. The molecule has 0 spiro atoms. The molecular formula is C25H27ClN2O3S. The highest BCUT2D eigenvalue weighted by Gasteiger charge is 2.25. The second kappa shape index (κ2) is 10.6. The monoisotopic (exact) mass is 470 g/mol. The van der Waals surface area contributed by atoms with Gasteiger partial charge >= 0.3 is 5.97 Å². The second-order valence-corrected chi connectivity index (χ2v) is 9.26. The maximum absolute atomic E-state index is 10.6. The fourth-order valence-electron chi connectivity index (χ4n) is 4.43. The van der Waals surface area contributed by atoms with Crippen LogP contribution in [0.15, 0.2) is 59.6 Å². The first-order valence-corrected chi connectivity index (χ1v) is 11.7. The number of halogens is 1. The van der Waals surface area contributed by atoms with Crippen molar-refractivity contribution in [1.29, 1.82) is 0 Å². The van der Waals surface area contributed by atoms with Gasteiger partial charge in [0.15, 0.2) is 0 Å². The van der Waals surface area contributed by atoms with Gasteiger partial charge < -0.3 is 9.84 Å². The summed E-state index contributed by atoms with van der Waals surface area (Å²) in [7, 11) is 0. The molecule has 2 aromatic carbocycles. The van der Waals surface area contributed by atoms with Crippen LogP contribution in [0.3, 0.4) is 0 Å². The summed E-state index contributed by atoms with van der Waals surface area (Å²) < 4.78 is 7.32. The molecule has 1 aromatic heterocycles. The Balaban J connectivity index is 1.52. The lowest BCUT2D eigenvalue weighted by Gasteiger charge is -2.28. The van der Waals surface area contributed by atoms with Gasteiger partial charge in [-0.2, -0.15) is 5.10 Å². The van der Waals surface area contributed by atoms with Crippen LogP contribution in [0.25, 0.3) is 22.4 Å². The number of carboxylic acid groups (broad SMARTS) is 1. The molecule has 0 amide bonds. The number of hydrogen-bond acceptors (Lipinski definition) is 4. The summed E-state index contributed by atoms with van der Waals surface area (Å²) in [6.45, 7) is 1.11. The van der Waals surface area contributed by atoms with Gasteiger partial charge in [0.05, 0.1) is 11.6 Å². The first kappa shape index (κ1) is 22.9. The van der Waals surface area contributed by atoms with E-state index in [-0.39, 0.29) is 6.61 Å². The van der Waals surface area contributed by atoms with Crippen molar-refractivity contribution in [2.75, 3.05) is 13.2 Å². The van der Waals surface area contributed by atoms with Crippen molar-refractivity contribution in [1.82, 2.24) is 9.78 Å². The quantitative estimate of drug-likeness (QED) is 0.392. The maximum atomic E-state index is 10.6. The highest BCUT2D eigenvalue weighted by atomic mass is 35.5. The van der Waals surface area contributed by atoms with E-state index in [0.717, 1.165) is 59.6 Å². The zero-order chi connectivity index (χ0) is 22.5. The lowest BCUT2D eigenvalue weighted by atomic mass is 9.82. The minimum absolute atomic E-state index is 0.217. The topological polar surface area (TPSA) is 64.3 Å². The Morgan fingerprint density at radius 2 is 1.75 bits per heavy atom.